The van der Waals surface area contributed by atoms with Gasteiger partial charge in [-0.2, -0.15) is 0 Å². The maximum atomic E-state index is 10.5. The van der Waals surface area contributed by atoms with E-state index in [-0.39, 0.29) is 6.61 Å². The molecule has 14 heavy (non-hydrogen) atoms. The predicted octanol–water partition coefficient (Wildman–Crippen LogP) is 0.626. The van der Waals surface area contributed by atoms with Gasteiger partial charge < -0.3 is 15.1 Å². The van der Waals surface area contributed by atoms with Gasteiger partial charge in [-0.25, -0.2) is 4.57 Å². The Bertz CT molecular complexity index is 242. The highest BCUT2D eigenvalue weighted by Crippen LogP contribution is 2.39. The van der Waals surface area contributed by atoms with Crippen molar-refractivity contribution >= 4 is 7.82 Å². The quantitative estimate of drug-likeness (QED) is 0.609. The molecule has 0 aromatic rings. The molecule has 0 aromatic carbocycles. The third-order valence-electron chi connectivity index (χ3n) is 3.05. The van der Waals surface area contributed by atoms with Gasteiger partial charge in [0.05, 0.1) is 6.61 Å². The summed E-state index contributed by atoms with van der Waals surface area (Å²) in [4.78, 5) is 17.1. The molecule has 2 heterocycles. The number of fused-ring (bicyclic) bond motifs is 2. The SMILES string of the molecule is O=P(O)(O)OCC1CC2CCC(C1)N2. The van der Waals surface area contributed by atoms with E-state index in [1.807, 2.05) is 0 Å². The van der Waals surface area contributed by atoms with Crippen molar-refractivity contribution in [2.45, 2.75) is 37.8 Å². The Kier molecular flexibility index (Phi) is 2.96. The van der Waals surface area contributed by atoms with Gasteiger partial charge in [-0.1, -0.05) is 0 Å². The highest BCUT2D eigenvalue weighted by Gasteiger charge is 2.34. The van der Waals surface area contributed by atoms with Crippen LogP contribution in [0.15, 0.2) is 0 Å². The van der Waals surface area contributed by atoms with E-state index in [1.54, 1.807) is 0 Å². The highest BCUT2D eigenvalue weighted by molar-refractivity contribution is 7.46. The molecule has 2 fully saturated rings. The van der Waals surface area contributed by atoms with Gasteiger partial charge in [0.25, 0.3) is 0 Å². The molecule has 0 aliphatic carbocycles. The van der Waals surface area contributed by atoms with Crippen molar-refractivity contribution in [3.05, 3.63) is 0 Å². The van der Waals surface area contributed by atoms with Crippen LogP contribution < -0.4 is 5.32 Å². The van der Waals surface area contributed by atoms with Crippen LogP contribution in [-0.2, 0) is 9.09 Å². The molecule has 2 unspecified atom stereocenters. The largest absolute Gasteiger partial charge is 0.469 e. The molecular weight excluding hydrogens is 205 g/mol. The van der Waals surface area contributed by atoms with Crippen molar-refractivity contribution in [2.24, 2.45) is 5.92 Å². The molecule has 2 bridgehead atoms. The van der Waals surface area contributed by atoms with Gasteiger partial charge in [0.2, 0.25) is 0 Å². The lowest BCUT2D eigenvalue weighted by molar-refractivity contribution is 0.142. The van der Waals surface area contributed by atoms with E-state index < -0.39 is 7.82 Å². The molecular formula is C8H16NO4P. The summed E-state index contributed by atoms with van der Waals surface area (Å²) in [7, 11) is -4.27. The van der Waals surface area contributed by atoms with Crippen LogP contribution in [0.25, 0.3) is 0 Å². The minimum atomic E-state index is -4.27. The van der Waals surface area contributed by atoms with Crippen molar-refractivity contribution < 1.29 is 18.9 Å². The molecule has 82 valence electrons. The number of phosphoric acid groups is 1. The van der Waals surface area contributed by atoms with Crippen LogP contribution in [0.1, 0.15) is 25.7 Å². The molecule has 2 rings (SSSR count). The molecule has 2 atom stereocenters. The molecule has 2 aliphatic heterocycles. The third-order valence-corrected chi connectivity index (χ3v) is 3.53. The number of piperidine rings is 1. The summed E-state index contributed by atoms with van der Waals surface area (Å²) in [6, 6.07) is 1.08. The van der Waals surface area contributed by atoms with E-state index in [4.69, 9.17) is 9.79 Å². The highest BCUT2D eigenvalue weighted by atomic mass is 31.2. The Morgan fingerprint density at radius 3 is 2.36 bits per heavy atom. The number of hydrogen-bond acceptors (Lipinski definition) is 3. The van der Waals surface area contributed by atoms with Gasteiger partial charge >= 0.3 is 7.82 Å². The van der Waals surface area contributed by atoms with Crippen LogP contribution in [0.2, 0.25) is 0 Å². The van der Waals surface area contributed by atoms with Crippen LogP contribution in [0, 0.1) is 5.92 Å². The van der Waals surface area contributed by atoms with E-state index in [0.717, 1.165) is 12.8 Å². The molecule has 0 saturated carbocycles. The first-order valence-corrected chi connectivity index (χ1v) is 6.52. The van der Waals surface area contributed by atoms with Gasteiger partial charge in [0, 0.05) is 12.1 Å². The lowest BCUT2D eigenvalue weighted by Crippen LogP contribution is -2.39. The van der Waals surface area contributed by atoms with Gasteiger partial charge in [-0.15, -0.1) is 0 Å². The smallest absolute Gasteiger partial charge is 0.311 e. The second kappa shape index (κ2) is 3.91. The second-order valence-electron chi connectivity index (χ2n) is 4.26. The van der Waals surface area contributed by atoms with E-state index >= 15 is 0 Å². The van der Waals surface area contributed by atoms with Crippen LogP contribution in [-0.4, -0.2) is 28.5 Å². The summed E-state index contributed by atoms with van der Waals surface area (Å²) in [5.41, 5.74) is 0. The fourth-order valence-electron chi connectivity index (χ4n) is 2.51. The molecule has 0 radical (unpaired) electrons. The van der Waals surface area contributed by atoms with Gasteiger partial charge in [-0.3, -0.25) is 4.52 Å². The second-order valence-corrected chi connectivity index (χ2v) is 5.50. The summed E-state index contributed by atoms with van der Waals surface area (Å²) < 4.78 is 15.0. The first-order chi connectivity index (χ1) is 6.53. The minimum Gasteiger partial charge on any atom is -0.311 e. The van der Waals surface area contributed by atoms with E-state index in [9.17, 15) is 4.57 Å². The van der Waals surface area contributed by atoms with E-state index in [2.05, 4.69) is 9.84 Å². The van der Waals surface area contributed by atoms with Crippen LogP contribution in [0.3, 0.4) is 0 Å². The van der Waals surface area contributed by atoms with E-state index in [1.165, 1.54) is 12.8 Å². The lowest BCUT2D eigenvalue weighted by atomic mass is 9.93. The zero-order valence-electron chi connectivity index (χ0n) is 7.93. The number of rotatable bonds is 3. The Morgan fingerprint density at radius 2 is 1.86 bits per heavy atom. The Labute approximate surface area is 83.1 Å². The third kappa shape index (κ3) is 2.78. The monoisotopic (exact) mass is 221 g/mol. The van der Waals surface area contributed by atoms with Crippen molar-refractivity contribution in [1.82, 2.24) is 5.32 Å². The summed E-state index contributed by atoms with van der Waals surface area (Å²) >= 11 is 0. The molecule has 3 N–H and O–H groups in total. The zero-order chi connectivity index (χ0) is 10.2. The predicted molar refractivity (Wildman–Crippen MR) is 50.7 cm³/mol. The first kappa shape index (κ1) is 10.6. The Morgan fingerprint density at radius 1 is 1.29 bits per heavy atom. The average Bonchev–Trinajstić information content (AvgIpc) is 2.41. The van der Waals surface area contributed by atoms with Gasteiger partial charge in [-0.05, 0) is 31.6 Å². The number of phosphoric ester groups is 1. The molecule has 0 aromatic heterocycles. The van der Waals surface area contributed by atoms with Crippen molar-refractivity contribution in [2.75, 3.05) is 6.61 Å². The molecule has 6 heteroatoms. The van der Waals surface area contributed by atoms with Gasteiger partial charge in [0.15, 0.2) is 0 Å². The summed E-state index contributed by atoms with van der Waals surface area (Å²) in [6.07, 6.45) is 4.35. The average molecular weight is 221 g/mol. The lowest BCUT2D eigenvalue weighted by Gasteiger charge is -2.28. The van der Waals surface area contributed by atoms with Crippen LogP contribution in [0.5, 0.6) is 0 Å². The maximum Gasteiger partial charge on any atom is 0.469 e. The Hall–Kier alpha value is 0.0700. The molecule has 2 aliphatic rings. The van der Waals surface area contributed by atoms with Crippen molar-refractivity contribution in [3.63, 3.8) is 0 Å². The van der Waals surface area contributed by atoms with Crippen molar-refractivity contribution in [1.29, 1.82) is 0 Å². The maximum absolute atomic E-state index is 10.5. The normalized spacial score (nSPS) is 37.4. The molecule has 0 amide bonds. The standard InChI is InChI=1S/C8H16NO4P/c10-14(11,12)13-5-6-3-7-1-2-8(4-6)9-7/h6-9H,1-5H2,(H2,10,11,12). The summed E-state index contributed by atoms with van der Waals surface area (Å²) in [5, 5.41) is 3.47. The minimum absolute atomic E-state index is 0.193. The first-order valence-electron chi connectivity index (χ1n) is 4.99. The zero-order valence-corrected chi connectivity index (χ0v) is 8.82. The molecule has 5 nitrogen and oxygen atoms in total. The molecule has 2 saturated heterocycles. The molecule has 0 spiro atoms. The van der Waals surface area contributed by atoms with E-state index in [0.29, 0.717) is 18.0 Å². The topological polar surface area (TPSA) is 78.8 Å². The Balaban J connectivity index is 1.80. The van der Waals surface area contributed by atoms with Crippen LogP contribution in [0.4, 0.5) is 0 Å². The summed E-state index contributed by atoms with van der Waals surface area (Å²) in [6.45, 7) is 0.193. The fourth-order valence-corrected chi connectivity index (χ4v) is 2.92. The summed E-state index contributed by atoms with van der Waals surface area (Å²) in [5.74, 6) is 0.307. The van der Waals surface area contributed by atoms with Gasteiger partial charge in [0.1, 0.15) is 0 Å². The number of hydrogen-bond donors (Lipinski definition) is 3. The fraction of sp³-hybridized carbons (Fsp3) is 1.00. The van der Waals surface area contributed by atoms with Crippen molar-refractivity contribution in [3.8, 4) is 0 Å². The number of nitrogens with one attached hydrogen (secondary N) is 1. The van der Waals surface area contributed by atoms with Crippen LogP contribution >= 0.6 is 7.82 Å².